The van der Waals surface area contributed by atoms with Gasteiger partial charge in [0.15, 0.2) is 0 Å². The van der Waals surface area contributed by atoms with E-state index in [9.17, 15) is 10.2 Å². The molecular weight excluding hydrogens is 418 g/mol. The van der Waals surface area contributed by atoms with Crippen LogP contribution >= 0.6 is 11.6 Å². The van der Waals surface area contributed by atoms with Crippen molar-refractivity contribution in [1.29, 1.82) is 0 Å². The summed E-state index contributed by atoms with van der Waals surface area (Å²) in [4.78, 5) is 8.90. The van der Waals surface area contributed by atoms with Crippen LogP contribution in [0, 0.1) is 5.92 Å². The van der Waals surface area contributed by atoms with Crippen LogP contribution in [-0.2, 0) is 6.42 Å². The van der Waals surface area contributed by atoms with Gasteiger partial charge in [-0.05, 0) is 36.2 Å². The normalized spacial score (nSPS) is 11.3. The van der Waals surface area contributed by atoms with Gasteiger partial charge >= 0.3 is 0 Å². The molecule has 3 aromatic heterocycles. The number of fused-ring (bicyclic) bond motifs is 1. The number of benzene rings is 1. The number of pyridine rings is 1. The number of ether oxygens (including phenoxy) is 1. The maximum absolute atomic E-state index is 9.32. The lowest BCUT2D eigenvalue weighted by Gasteiger charge is -2.15. The lowest BCUT2D eigenvalue weighted by molar-refractivity contribution is 0.150. The highest BCUT2D eigenvalue weighted by Gasteiger charge is 2.15. The molecule has 4 aromatic rings. The third-order valence-electron chi connectivity index (χ3n) is 4.98. The van der Waals surface area contributed by atoms with Gasteiger partial charge in [0.25, 0.3) is 0 Å². The van der Waals surface area contributed by atoms with Gasteiger partial charge in [-0.15, -0.1) is 0 Å². The number of aliphatic hydroxyl groups is 2. The second-order valence-corrected chi connectivity index (χ2v) is 7.48. The quantitative estimate of drug-likeness (QED) is 0.386. The Morgan fingerprint density at radius 2 is 2.00 bits per heavy atom. The second kappa shape index (κ2) is 9.30. The van der Waals surface area contributed by atoms with Crippen molar-refractivity contribution >= 4 is 28.8 Å². The zero-order valence-corrected chi connectivity index (χ0v) is 17.6. The zero-order chi connectivity index (χ0) is 21.8. The fourth-order valence-corrected chi connectivity index (χ4v) is 3.53. The molecule has 160 valence electrons. The minimum atomic E-state index is -0.212. The number of anilines is 2. The molecule has 0 fully saturated rings. The Balaban J connectivity index is 1.63. The van der Waals surface area contributed by atoms with Gasteiger partial charge in [0.05, 0.1) is 41.4 Å². The van der Waals surface area contributed by atoms with Crippen molar-refractivity contribution in [3.63, 3.8) is 0 Å². The topological polar surface area (TPSA) is 105 Å². The van der Waals surface area contributed by atoms with E-state index in [4.69, 9.17) is 16.3 Å². The summed E-state index contributed by atoms with van der Waals surface area (Å²) in [7, 11) is 1.58. The first-order valence-electron chi connectivity index (χ1n) is 9.74. The Labute approximate surface area is 184 Å². The smallest absolute Gasteiger partial charge is 0.227 e. The average molecular weight is 440 g/mol. The number of halogens is 1. The predicted octanol–water partition coefficient (Wildman–Crippen LogP) is 3.34. The molecule has 3 N–H and O–H groups in total. The number of methoxy groups -OCH3 is 1. The highest BCUT2D eigenvalue weighted by molar-refractivity contribution is 6.33. The van der Waals surface area contributed by atoms with Gasteiger partial charge in [0, 0.05) is 30.9 Å². The number of aromatic nitrogens is 4. The van der Waals surface area contributed by atoms with Gasteiger partial charge in [-0.25, -0.2) is 14.5 Å². The number of nitrogens with one attached hydrogen (secondary N) is 1. The van der Waals surface area contributed by atoms with E-state index in [-0.39, 0.29) is 19.1 Å². The van der Waals surface area contributed by atoms with Crippen LogP contribution in [-0.4, -0.2) is 50.1 Å². The fourth-order valence-electron chi connectivity index (χ4n) is 3.34. The van der Waals surface area contributed by atoms with Crippen LogP contribution in [0.15, 0.2) is 55.0 Å². The molecular formula is C22H22ClN5O3. The van der Waals surface area contributed by atoms with Crippen LogP contribution in [0.3, 0.4) is 0 Å². The third kappa shape index (κ3) is 4.46. The zero-order valence-electron chi connectivity index (χ0n) is 16.9. The van der Waals surface area contributed by atoms with Crippen LogP contribution in [0.2, 0.25) is 5.02 Å². The van der Waals surface area contributed by atoms with Crippen LogP contribution in [0.25, 0.3) is 16.8 Å². The fraction of sp³-hybridized carbons (Fsp3) is 0.227. The van der Waals surface area contributed by atoms with Gasteiger partial charge < -0.3 is 20.3 Å². The summed E-state index contributed by atoms with van der Waals surface area (Å²) in [5, 5.41) is 26.6. The van der Waals surface area contributed by atoms with Gasteiger partial charge in [0.2, 0.25) is 5.95 Å². The first-order chi connectivity index (χ1) is 15.1. The van der Waals surface area contributed by atoms with E-state index in [0.717, 1.165) is 16.6 Å². The molecule has 31 heavy (non-hydrogen) atoms. The van der Waals surface area contributed by atoms with Crippen molar-refractivity contribution in [2.45, 2.75) is 6.42 Å². The van der Waals surface area contributed by atoms with E-state index < -0.39 is 0 Å². The first-order valence-corrected chi connectivity index (χ1v) is 10.1. The Morgan fingerprint density at radius 1 is 1.16 bits per heavy atom. The molecule has 0 saturated carbocycles. The second-order valence-electron chi connectivity index (χ2n) is 7.07. The van der Waals surface area contributed by atoms with Gasteiger partial charge in [0.1, 0.15) is 5.75 Å². The summed E-state index contributed by atoms with van der Waals surface area (Å²) < 4.78 is 7.27. The van der Waals surface area contributed by atoms with Gasteiger partial charge in [-0.1, -0.05) is 23.7 Å². The Bertz CT molecular complexity index is 1190. The van der Waals surface area contributed by atoms with E-state index in [1.165, 1.54) is 0 Å². The largest absolute Gasteiger partial charge is 0.495 e. The summed E-state index contributed by atoms with van der Waals surface area (Å²) in [6.45, 7) is -0.159. The molecule has 0 amide bonds. The van der Waals surface area contributed by atoms with Crippen molar-refractivity contribution < 1.29 is 14.9 Å². The SMILES string of the molecule is COc1cc(CC(CO)CO)ccc1Nc1ncc(Cl)c(-c2cnn3ccccc23)n1. The molecule has 0 spiro atoms. The van der Waals surface area contributed by atoms with Crippen molar-refractivity contribution in [2.75, 3.05) is 25.6 Å². The lowest BCUT2D eigenvalue weighted by Crippen LogP contribution is -2.14. The summed E-state index contributed by atoms with van der Waals surface area (Å²) in [5.41, 5.74) is 3.89. The lowest BCUT2D eigenvalue weighted by atomic mass is 10.0. The molecule has 0 saturated heterocycles. The van der Waals surface area contributed by atoms with Crippen molar-refractivity contribution in [1.82, 2.24) is 19.6 Å². The number of hydrogen-bond donors (Lipinski definition) is 3. The summed E-state index contributed by atoms with van der Waals surface area (Å²) in [5.74, 6) is 0.754. The van der Waals surface area contributed by atoms with Crippen molar-refractivity contribution in [3.8, 4) is 17.0 Å². The molecule has 1 aromatic carbocycles. The molecule has 0 aliphatic carbocycles. The van der Waals surface area contributed by atoms with Crippen molar-refractivity contribution in [2.24, 2.45) is 5.92 Å². The third-order valence-corrected chi connectivity index (χ3v) is 5.26. The highest BCUT2D eigenvalue weighted by atomic mass is 35.5. The van der Waals surface area contributed by atoms with Crippen LogP contribution < -0.4 is 10.1 Å². The van der Waals surface area contributed by atoms with Gasteiger partial charge in [-0.2, -0.15) is 5.10 Å². The van der Waals surface area contributed by atoms with E-state index >= 15 is 0 Å². The van der Waals surface area contributed by atoms with E-state index in [1.54, 1.807) is 24.0 Å². The number of rotatable bonds is 8. The maximum Gasteiger partial charge on any atom is 0.227 e. The van der Waals surface area contributed by atoms with Crippen LogP contribution in [0.4, 0.5) is 11.6 Å². The molecule has 8 nitrogen and oxygen atoms in total. The number of aliphatic hydroxyl groups excluding tert-OH is 2. The molecule has 0 radical (unpaired) electrons. The average Bonchev–Trinajstić information content (AvgIpc) is 3.23. The molecule has 0 atom stereocenters. The highest BCUT2D eigenvalue weighted by Crippen LogP contribution is 2.32. The standard InChI is InChI=1S/C22H22ClN5O3/c1-31-20-9-14(8-15(12-29)13-30)5-6-18(20)26-22-24-11-17(23)21(27-22)16-10-25-28-7-3-2-4-19(16)28/h2-7,9-11,15,29-30H,8,12-13H2,1H3,(H,24,26,27). The predicted molar refractivity (Wildman–Crippen MR) is 119 cm³/mol. The monoisotopic (exact) mass is 439 g/mol. The molecule has 3 heterocycles. The first kappa shape index (κ1) is 21.0. The molecule has 0 aliphatic rings. The molecule has 0 aliphatic heterocycles. The Kier molecular flexibility index (Phi) is 6.31. The molecule has 0 unspecified atom stereocenters. The van der Waals surface area contributed by atoms with E-state index in [0.29, 0.717) is 34.5 Å². The van der Waals surface area contributed by atoms with Crippen molar-refractivity contribution in [3.05, 3.63) is 65.6 Å². The number of hydrogen-bond acceptors (Lipinski definition) is 7. The summed E-state index contributed by atoms with van der Waals surface area (Å²) >= 11 is 6.39. The van der Waals surface area contributed by atoms with E-state index in [1.807, 2.05) is 42.6 Å². The Hall–Kier alpha value is -3.20. The summed E-state index contributed by atoms with van der Waals surface area (Å²) in [6.07, 6.45) is 5.67. The molecule has 4 rings (SSSR count). The summed E-state index contributed by atoms with van der Waals surface area (Å²) in [6, 6.07) is 11.4. The molecule has 9 heteroatoms. The Morgan fingerprint density at radius 3 is 2.77 bits per heavy atom. The van der Waals surface area contributed by atoms with E-state index in [2.05, 4.69) is 20.4 Å². The maximum atomic E-state index is 9.32. The van der Waals surface area contributed by atoms with Gasteiger partial charge in [-0.3, -0.25) is 0 Å². The van der Waals surface area contributed by atoms with Crippen LogP contribution in [0.1, 0.15) is 5.56 Å². The number of nitrogens with zero attached hydrogens (tertiary/aromatic N) is 4. The minimum absolute atomic E-state index is 0.0796. The van der Waals surface area contributed by atoms with Crippen LogP contribution in [0.5, 0.6) is 5.75 Å². The minimum Gasteiger partial charge on any atom is -0.495 e. The molecule has 0 bridgehead atoms.